The zero-order valence-corrected chi connectivity index (χ0v) is 15.6. The second-order valence-electron chi connectivity index (χ2n) is 6.45. The highest BCUT2D eigenvalue weighted by atomic mass is 16.3. The molecule has 3 rings (SSSR count). The first-order valence-corrected chi connectivity index (χ1v) is 9.09. The minimum atomic E-state index is -0.250. The van der Waals surface area contributed by atoms with E-state index in [0.29, 0.717) is 6.04 Å². The molecule has 26 heavy (non-hydrogen) atoms. The lowest BCUT2D eigenvalue weighted by Crippen LogP contribution is -2.42. The van der Waals surface area contributed by atoms with E-state index in [0.717, 1.165) is 31.9 Å². The van der Waals surface area contributed by atoms with Crippen molar-refractivity contribution in [3.63, 3.8) is 0 Å². The first-order valence-electron chi connectivity index (χ1n) is 9.09. The summed E-state index contributed by atoms with van der Waals surface area (Å²) < 4.78 is 0. The van der Waals surface area contributed by atoms with Gasteiger partial charge in [-0.05, 0) is 37.5 Å². The molecule has 0 radical (unpaired) electrons. The molecule has 140 valence electrons. The zero-order chi connectivity index (χ0) is 18.8. The van der Waals surface area contributed by atoms with E-state index in [2.05, 4.69) is 58.3 Å². The molecule has 2 aromatic rings. The van der Waals surface area contributed by atoms with Crippen LogP contribution in [0.1, 0.15) is 36.7 Å². The van der Waals surface area contributed by atoms with Gasteiger partial charge in [0.05, 0.1) is 0 Å². The Morgan fingerprint density at radius 3 is 2.50 bits per heavy atom. The van der Waals surface area contributed by atoms with Crippen LogP contribution in [-0.4, -0.2) is 40.7 Å². The summed E-state index contributed by atoms with van der Waals surface area (Å²) in [5.41, 5.74) is 3.86. The van der Waals surface area contributed by atoms with Crippen LogP contribution in [0.3, 0.4) is 0 Å². The number of anilines is 1. The average Bonchev–Trinajstić information content (AvgIpc) is 2.68. The Kier molecular flexibility index (Phi) is 8.02. The maximum Gasteiger partial charge on any atom is 0.290 e. The molecule has 0 saturated carbocycles. The van der Waals surface area contributed by atoms with Crippen molar-refractivity contribution < 1.29 is 9.90 Å². The number of benzene rings is 1. The van der Waals surface area contributed by atoms with Crippen molar-refractivity contribution in [1.29, 1.82) is 0 Å². The van der Waals surface area contributed by atoms with Crippen molar-refractivity contribution in [2.75, 3.05) is 18.0 Å². The lowest BCUT2D eigenvalue weighted by molar-refractivity contribution is -0.122. The summed E-state index contributed by atoms with van der Waals surface area (Å²) >= 11 is 0. The third-order valence-electron chi connectivity index (χ3n) is 4.53. The number of hydrogen-bond acceptors (Lipinski definition) is 5. The molecule has 2 N–H and O–H groups in total. The summed E-state index contributed by atoms with van der Waals surface area (Å²) in [7, 11) is 0. The molecular formula is C20H28N4O2. The smallest absolute Gasteiger partial charge is 0.290 e. The Morgan fingerprint density at radius 1 is 1.27 bits per heavy atom. The van der Waals surface area contributed by atoms with Crippen molar-refractivity contribution in [2.45, 2.75) is 45.7 Å². The fraction of sp³-hybridized carbons (Fsp3) is 0.450. The van der Waals surface area contributed by atoms with Crippen molar-refractivity contribution in [2.24, 2.45) is 0 Å². The Morgan fingerprint density at radius 2 is 1.92 bits per heavy atom. The van der Waals surface area contributed by atoms with E-state index in [1.807, 2.05) is 12.4 Å². The van der Waals surface area contributed by atoms with Gasteiger partial charge in [0, 0.05) is 55.7 Å². The fourth-order valence-corrected chi connectivity index (χ4v) is 3.08. The number of nitrogens with zero attached hydrogens (tertiary/aromatic N) is 3. The summed E-state index contributed by atoms with van der Waals surface area (Å²) in [4.78, 5) is 19.6. The molecule has 0 unspecified atom stereocenters. The maximum atomic E-state index is 8.36. The summed E-state index contributed by atoms with van der Waals surface area (Å²) in [5.74, 6) is 0.917. The number of hydrogen-bond donors (Lipinski definition) is 2. The highest BCUT2D eigenvalue weighted by Crippen LogP contribution is 2.21. The largest absolute Gasteiger partial charge is 0.483 e. The Labute approximate surface area is 155 Å². The van der Waals surface area contributed by atoms with Crippen LogP contribution in [0.2, 0.25) is 0 Å². The topological polar surface area (TPSA) is 78.4 Å². The van der Waals surface area contributed by atoms with Crippen molar-refractivity contribution >= 4 is 12.2 Å². The summed E-state index contributed by atoms with van der Waals surface area (Å²) in [6, 6.07) is 9.38. The van der Waals surface area contributed by atoms with Crippen LogP contribution >= 0.6 is 0 Å². The van der Waals surface area contributed by atoms with Crippen LogP contribution < -0.4 is 10.2 Å². The number of piperidine rings is 1. The van der Waals surface area contributed by atoms with Crippen molar-refractivity contribution in [3.8, 4) is 0 Å². The SMILES string of the molecule is CCc1ncc(CNC2CCN(c3cccc(C)c3)CC2)cn1.O=CO. The number of rotatable bonds is 5. The van der Waals surface area contributed by atoms with Gasteiger partial charge in [0.15, 0.2) is 0 Å². The van der Waals surface area contributed by atoms with E-state index < -0.39 is 0 Å². The van der Waals surface area contributed by atoms with E-state index in [-0.39, 0.29) is 6.47 Å². The molecule has 0 bridgehead atoms. The molecule has 6 heteroatoms. The molecule has 0 spiro atoms. The monoisotopic (exact) mass is 356 g/mol. The molecule has 0 atom stereocenters. The zero-order valence-electron chi connectivity index (χ0n) is 15.6. The molecule has 0 aliphatic carbocycles. The van der Waals surface area contributed by atoms with Crippen LogP contribution in [-0.2, 0) is 17.8 Å². The van der Waals surface area contributed by atoms with Gasteiger partial charge in [-0.25, -0.2) is 9.97 Å². The molecule has 1 aliphatic heterocycles. The molecule has 1 fully saturated rings. The molecule has 0 amide bonds. The van der Waals surface area contributed by atoms with E-state index in [4.69, 9.17) is 9.90 Å². The number of nitrogens with one attached hydrogen (secondary N) is 1. The summed E-state index contributed by atoms with van der Waals surface area (Å²) in [6.45, 7) is 7.08. The third kappa shape index (κ3) is 6.11. The van der Waals surface area contributed by atoms with Gasteiger partial charge >= 0.3 is 0 Å². The Hall–Kier alpha value is -2.47. The first-order chi connectivity index (χ1) is 12.7. The highest BCUT2D eigenvalue weighted by Gasteiger charge is 2.19. The molecule has 1 saturated heterocycles. The Bertz CT molecular complexity index is 668. The number of carboxylic acid groups (broad SMARTS) is 1. The van der Waals surface area contributed by atoms with Gasteiger partial charge < -0.3 is 15.3 Å². The molecule has 1 aliphatic rings. The van der Waals surface area contributed by atoms with E-state index >= 15 is 0 Å². The summed E-state index contributed by atoms with van der Waals surface area (Å²) in [5, 5.41) is 10.5. The van der Waals surface area contributed by atoms with Crippen LogP contribution in [0, 0.1) is 6.92 Å². The highest BCUT2D eigenvalue weighted by molar-refractivity contribution is 5.48. The minimum absolute atomic E-state index is 0.250. The van der Waals surface area contributed by atoms with Crippen molar-refractivity contribution in [3.05, 3.63) is 53.6 Å². The van der Waals surface area contributed by atoms with Crippen LogP contribution in [0.5, 0.6) is 0 Å². The van der Waals surface area contributed by atoms with Gasteiger partial charge in [-0.3, -0.25) is 4.79 Å². The molecule has 6 nitrogen and oxygen atoms in total. The van der Waals surface area contributed by atoms with E-state index in [1.165, 1.54) is 29.7 Å². The predicted octanol–water partition coefficient (Wildman–Crippen LogP) is 2.81. The second kappa shape index (κ2) is 10.5. The number of aryl methyl sites for hydroxylation is 2. The van der Waals surface area contributed by atoms with Gasteiger partial charge in [-0.2, -0.15) is 0 Å². The van der Waals surface area contributed by atoms with Gasteiger partial charge in [0.2, 0.25) is 0 Å². The van der Waals surface area contributed by atoms with Crippen LogP contribution in [0.25, 0.3) is 0 Å². The van der Waals surface area contributed by atoms with Crippen LogP contribution in [0.15, 0.2) is 36.7 Å². The number of carbonyl (C=O) groups is 1. The van der Waals surface area contributed by atoms with Gasteiger partial charge in [-0.15, -0.1) is 0 Å². The van der Waals surface area contributed by atoms with Gasteiger partial charge in [0.25, 0.3) is 6.47 Å². The Balaban J connectivity index is 0.000000758. The lowest BCUT2D eigenvalue weighted by Gasteiger charge is -2.34. The quantitative estimate of drug-likeness (QED) is 0.802. The predicted molar refractivity (Wildman–Crippen MR) is 103 cm³/mol. The fourth-order valence-electron chi connectivity index (χ4n) is 3.08. The maximum absolute atomic E-state index is 8.36. The van der Waals surface area contributed by atoms with Gasteiger partial charge in [-0.1, -0.05) is 19.1 Å². The molecular weight excluding hydrogens is 328 g/mol. The molecule has 1 aromatic carbocycles. The molecule has 1 aromatic heterocycles. The minimum Gasteiger partial charge on any atom is -0.483 e. The average molecular weight is 356 g/mol. The lowest BCUT2D eigenvalue weighted by atomic mass is 10.0. The van der Waals surface area contributed by atoms with Crippen molar-refractivity contribution in [1.82, 2.24) is 15.3 Å². The van der Waals surface area contributed by atoms with Crippen LogP contribution in [0.4, 0.5) is 5.69 Å². The second-order valence-corrected chi connectivity index (χ2v) is 6.45. The normalized spacial score (nSPS) is 14.5. The molecule has 2 heterocycles. The standard InChI is InChI=1S/C19H26N4.CH2O2/c1-3-19-21-13-16(14-22-19)12-20-17-7-9-23(10-8-17)18-6-4-5-15(2)11-18;2-1-3/h4-6,11,13-14,17,20H,3,7-10,12H2,1-2H3;1H,(H,2,3). The van der Waals surface area contributed by atoms with E-state index in [1.54, 1.807) is 0 Å². The van der Waals surface area contributed by atoms with E-state index in [9.17, 15) is 0 Å². The number of aromatic nitrogens is 2. The first kappa shape index (κ1) is 19.8. The summed E-state index contributed by atoms with van der Waals surface area (Å²) in [6.07, 6.45) is 7.15. The third-order valence-corrected chi connectivity index (χ3v) is 4.53. The van der Waals surface area contributed by atoms with Gasteiger partial charge in [0.1, 0.15) is 5.82 Å².